The molecule has 3 rings (SSSR count). The number of halogens is 3. The lowest BCUT2D eigenvalue weighted by Gasteiger charge is -2.18. The number of benzene rings is 2. The highest BCUT2D eigenvalue weighted by atomic mass is 79.9. The van der Waals surface area contributed by atoms with Gasteiger partial charge in [0.05, 0.1) is 11.6 Å². The molecule has 144 valence electrons. The fourth-order valence-electron chi connectivity index (χ4n) is 2.49. The number of esters is 1. The molecular weight excluding hydrogens is 452 g/mol. The molecule has 3 aromatic rings. The molecule has 1 aromatic heterocycles. The first-order chi connectivity index (χ1) is 13.4. The average molecular weight is 466 g/mol. The van der Waals surface area contributed by atoms with Gasteiger partial charge < -0.3 is 10.1 Å². The maximum Gasteiger partial charge on any atom is 0.341 e. The highest BCUT2D eigenvalue weighted by Gasteiger charge is 2.20. The van der Waals surface area contributed by atoms with Crippen LogP contribution in [0.25, 0.3) is 0 Å². The molecule has 0 saturated heterocycles. The Kier molecular flexibility index (Phi) is 6.53. The van der Waals surface area contributed by atoms with Gasteiger partial charge in [-0.15, -0.1) is 11.3 Å². The lowest BCUT2D eigenvalue weighted by atomic mass is 10.1. The van der Waals surface area contributed by atoms with E-state index < -0.39 is 30.3 Å². The zero-order valence-corrected chi connectivity index (χ0v) is 16.7. The Morgan fingerprint density at radius 1 is 1.11 bits per heavy atom. The van der Waals surface area contributed by atoms with E-state index in [0.717, 1.165) is 10.9 Å². The van der Waals surface area contributed by atoms with E-state index in [9.17, 15) is 18.4 Å². The molecule has 0 bridgehead atoms. The number of hydrogen-bond acceptors (Lipinski definition) is 4. The standard InChI is InChI=1S/C20H14BrF2NO3S/c21-13-5-8-16(23)15(10-13)20(26)27-11-18(25)24-19(17-2-1-9-28-17)12-3-6-14(22)7-4-12/h1-10,19H,11H2,(H,24,25). The van der Waals surface area contributed by atoms with Crippen LogP contribution in [0.4, 0.5) is 8.78 Å². The van der Waals surface area contributed by atoms with Gasteiger partial charge in [-0.3, -0.25) is 4.79 Å². The lowest BCUT2D eigenvalue weighted by Crippen LogP contribution is -2.32. The van der Waals surface area contributed by atoms with E-state index in [2.05, 4.69) is 21.2 Å². The van der Waals surface area contributed by atoms with Crippen LogP contribution in [0.15, 0.2) is 64.5 Å². The van der Waals surface area contributed by atoms with Crippen LogP contribution in [0.2, 0.25) is 0 Å². The van der Waals surface area contributed by atoms with Gasteiger partial charge in [0.15, 0.2) is 6.61 Å². The molecule has 1 unspecified atom stereocenters. The molecule has 0 aliphatic rings. The summed E-state index contributed by atoms with van der Waals surface area (Å²) >= 11 is 4.58. The number of carbonyl (C=O) groups excluding carboxylic acids is 2. The number of hydrogen-bond donors (Lipinski definition) is 1. The molecular formula is C20H14BrF2NO3S. The second kappa shape index (κ2) is 9.07. The Hall–Kier alpha value is -2.58. The molecule has 1 atom stereocenters. The van der Waals surface area contributed by atoms with Crippen molar-refractivity contribution in [1.29, 1.82) is 0 Å². The zero-order valence-electron chi connectivity index (χ0n) is 14.3. The van der Waals surface area contributed by atoms with Gasteiger partial charge in [-0.1, -0.05) is 34.1 Å². The van der Waals surface area contributed by atoms with Crippen LogP contribution >= 0.6 is 27.3 Å². The first-order valence-corrected chi connectivity index (χ1v) is 9.81. The van der Waals surface area contributed by atoms with Crippen molar-refractivity contribution in [2.24, 2.45) is 0 Å². The van der Waals surface area contributed by atoms with Crippen molar-refractivity contribution in [3.8, 4) is 0 Å². The van der Waals surface area contributed by atoms with Gasteiger partial charge in [-0.2, -0.15) is 0 Å². The van der Waals surface area contributed by atoms with Gasteiger partial charge in [0.2, 0.25) is 0 Å². The van der Waals surface area contributed by atoms with Crippen molar-refractivity contribution in [2.45, 2.75) is 6.04 Å². The Morgan fingerprint density at radius 2 is 1.86 bits per heavy atom. The number of thiophene rings is 1. The van der Waals surface area contributed by atoms with Crippen LogP contribution < -0.4 is 5.32 Å². The van der Waals surface area contributed by atoms with Crippen LogP contribution in [0.1, 0.15) is 26.8 Å². The molecule has 0 radical (unpaired) electrons. The second-order valence-corrected chi connectivity index (χ2v) is 7.66. The fraction of sp³-hybridized carbons (Fsp3) is 0.100. The number of nitrogens with one attached hydrogen (secondary N) is 1. The molecule has 28 heavy (non-hydrogen) atoms. The molecule has 1 N–H and O–H groups in total. The van der Waals surface area contributed by atoms with Crippen molar-refractivity contribution < 1.29 is 23.1 Å². The summed E-state index contributed by atoms with van der Waals surface area (Å²) in [4.78, 5) is 25.2. The number of ether oxygens (including phenoxy) is 1. The molecule has 0 aliphatic carbocycles. The summed E-state index contributed by atoms with van der Waals surface area (Å²) in [6, 6.07) is 12.8. The maximum atomic E-state index is 13.7. The second-order valence-electron chi connectivity index (χ2n) is 5.77. The third-order valence-corrected chi connectivity index (χ3v) is 5.25. The van der Waals surface area contributed by atoms with Gasteiger partial charge in [0.25, 0.3) is 5.91 Å². The number of rotatable bonds is 6. The largest absolute Gasteiger partial charge is 0.452 e. The Bertz CT molecular complexity index is 978. The third kappa shape index (κ3) is 5.02. The Morgan fingerprint density at radius 3 is 2.54 bits per heavy atom. The molecule has 8 heteroatoms. The molecule has 0 fully saturated rings. The number of amides is 1. The normalized spacial score (nSPS) is 11.7. The molecule has 0 spiro atoms. The van der Waals surface area contributed by atoms with Crippen molar-refractivity contribution >= 4 is 39.1 Å². The third-order valence-electron chi connectivity index (χ3n) is 3.82. The lowest BCUT2D eigenvalue weighted by molar-refractivity contribution is -0.124. The molecule has 1 amide bonds. The van der Waals surface area contributed by atoms with E-state index >= 15 is 0 Å². The van der Waals surface area contributed by atoms with Crippen molar-refractivity contribution in [2.75, 3.05) is 6.61 Å². The summed E-state index contributed by atoms with van der Waals surface area (Å²) < 4.78 is 32.4. The molecule has 2 aromatic carbocycles. The SMILES string of the molecule is O=C(COC(=O)c1cc(Br)ccc1F)NC(c1ccc(F)cc1)c1cccs1. The number of carbonyl (C=O) groups is 2. The predicted molar refractivity (Wildman–Crippen MR) is 105 cm³/mol. The predicted octanol–water partition coefficient (Wildman–Crippen LogP) is 4.85. The molecule has 4 nitrogen and oxygen atoms in total. The van der Waals surface area contributed by atoms with E-state index in [-0.39, 0.29) is 11.4 Å². The smallest absolute Gasteiger partial charge is 0.341 e. The Balaban J connectivity index is 1.68. The van der Waals surface area contributed by atoms with Crippen molar-refractivity contribution in [3.05, 3.63) is 92.1 Å². The summed E-state index contributed by atoms with van der Waals surface area (Å²) in [5, 5.41) is 4.61. The Labute approximate surface area is 172 Å². The quantitative estimate of drug-likeness (QED) is 0.529. The monoisotopic (exact) mass is 465 g/mol. The summed E-state index contributed by atoms with van der Waals surface area (Å²) in [5.74, 6) is -2.63. The topological polar surface area (TPSA) is 55.4 Å². The van der Waals surface area contributed by atoms with Gasteiger partial charge >= 0.3 is 5.97 Å². The van der Waals surface area contributed by atoms with E-state index in [0.29, 0.717) is 10.0 Å². The van der Waals surface area contributed by atoms with Gasteiger partial charge in [-0.05, 0) is 47.3 Å². The van der Waals surface area contributed by atoms with Gasteiger partial charge in [0, 0.05) is 9.35 Å². The van der Waals surface area contributed by atoms with Crippen LogP contribution in [0.3, 0.4) is 0 Å². The van der Waals surface area contributed by atoms with E-state index in [1.165, 1.54) is 35.6 Å². The summed E-state index contributed by atoms with van der Waals surface area (Å²) in [6.45, 7) is -0.576. The zero-order chi connectivity index (χ0) is 20.1. The van der Waals surface area contributed by atoms with E-state index in [1.807, 2.05) is 17.5 Å². The molecule has 1 heterocycles. The first kappa shape index (κ1) is 20.2. The van der Waals surface area contributed by atoms with Crippen molar-refractivity contribution in [3.63, 3.8) is 0 Å². The summed E-state index contributed by atoms with van der Waals surface area (Å²) in [6.07, 6.45) is 0. The van der Waals surface area contributed by atoms with Crippen LogP contribution in [0.5, 0.6) is 0 Å². The highest BCUT2D eigenvalue weighted by Crippen LogP contribution is 2.26. The minimum Gasteiger partial charge on any atom is -0.452 e. The molecule has 0 aliphatic heterocycles. The maximum absolute atomic E-state index is 13.7. The summed E-state index contributed by atoms with van der Waals surface area (Å²) in [7, 11) is 0. The van der Waals surface area contributed by atoms with Gasteiger partial charge in [-0.25, -0.2) is 13.6 Å². The highest BCUT2D eigenvalue weighted by molar-refractivity contribution is 9.10. The first-order valence-electron chi connectivity index (χ1n) is 8.14. The fourth-order valence-corrected chi connectivity index (χ4v) is 3.66. The average Bonchev–Trinajstić information content (AvgIpc) is 3.21. The minimum absolute atomic E-state index is 0.268. The van der Waals surface area contributed by atoms with E-state index in [1.54, 1.807) is 12.1 Å². The van der Waals surface area contributed by atoms with Crippen LogP contribution in [0, 0.1) is 11.6 Å². The minimum atomic E-state index is -0.941. The summed E-state index contributed by atoms with van der Waals surface area (Å²) in [5.41, 5.74) is 0.414. The van der Waals surface area contributed by atoms with Crippen LogP contribution in [-0.4, -0.2) is 18.5 Å². The van der Waals surface area contributed by atoms with E-state index in [4.69, 9.17) is 4.74 Å². The van der Waals surface area contributed by atoms with Crippen molar-refractivity contribution in [1.82, 2.24) is 5.32 Å². The van der Waals surface area contributed by atoms with Crippen LogP contribution in [-0.2, 0) is 9.53 Å². The van der Waals surface area contributed by atoms with Gasteiger partial charge in [0.1, 0.15) is 11.6 Å². The molecule has 0 saturated carbocycles.